The van der Waals surface area contributed by atoms with Gasteiger partial charge >= 0.3 is 5.97 Å². The van der Waals surface area contributed by atoms with Gasteiger partial charge in [0.1, 0.15) is 0 Å². The average Bonchev–Trinajstić information content (AvgIpc) is 2.46. The molecule has 0 radical (unpaired) electrons. The Bertz CT molecular complexity index is 524. The van der Waals surface area contributed by atoms with Gasteiger partial charge in [0.25, 0.3) is 0 Å². The van der Waals surface area contributed by atoms with Crippen molar-refractivity contribution in [3.05, 3.63) is 34.3 Å². The highest BCUT2D eigenvalue weighted by atomic mass is 79.9. The number of carbonyl (C=O) groups excluding carboxylic acids is 1. The molecule has 1 N–H and O–H groups in total. The van der Waals surface area contributed by atoms with Crippen LogP contribution in [0.25, 0.3) is 0 Å². The van der Waals surface area contributed by atoms with E-state index >= 15 is 0 Å². The number of nitrogens with zero attached hydrogens (tertiary/aromatic N) is 1. The second-order valence-corrected chi connectivity index (χ2v) is 6.63. The molecule has 0 atom stereocenters. The smallest absolute Gasteiger partial charge is 0.306 e. The second-order valence-electron chi connectivity index (χ2n) is 5.71. The zero-order valence-corrected chi connectivity index (χ0v) is 13.7. The van der Waals surface area contributed by atoms with Crippen molar-refractivity contribution in [2.24, 2.45) is 11.8 Å². The molecule has 0 unspecified atom stereocenters. The Hall–Kier alpha value is -1.36. The van der Waals surface area contributed by atoms with Gasteiger partial charge < -0.3 is 10.0 Å². The van der Waals surface area contributed by atoms with Crippen LogP contribution in [-0.2, 0) is 16.1 Å². The number of rotatable bonds is 4. The molecule has 0 saturated heterocycles. The van der Waals surface area contributed by atoms with Gasteiger partial charge in [-0.25, -0.2) is 0 Å². The molecule has 4 nitrogen and oxygen atoms in total. The van der Waals surface area contributed by atoms with Crippen LogP contribution in [0.2, 0.25) is 0 Å². The molecule has 1 aromatic carbocycles. The molecule has 1 aliphatic carbocycles. The largest absolute Gasteiger partial charge is 0.481 e. The van der Waals surface area contributed by atoms with Crippen molar-refractivity contribution in [3.63, 3.8) is 0 Å². The van der Waals surface area contributed by atoms with Crippen LogP contribution in [0.4, 0.5) is 0 Å². The van der Waals surface area contributed by atoms with E-state index in [1.807, 2.05) is 31.3 Å². The summed E-state index contributed by atoms with van der Waals surface area (Å²) in [7, 11) is 1.81. The fourth-order valence-corrected chi connectivity index (χ4v) is 3.33. The van der Waals surface area contributed by atoms with E-state index in [1.165, 1.54) is 0 Å². The number of halogens is 1. The van der Waals surface area contributed by atoms with Crippen molar-refractivity contribution in [3.8, 4) is 0 Å². The second kappa shape index (κ2) is 7.07. The van der Waals surface area contributed by atoms with Crippen LogP contribution in [0.1, 0.15) is 31.2 Å². The Morgan fingerprint density at radius 1 is 1.24 bits per heavy atom. The van der Waals surface area contributed by atoms with E-state index in [9.17, 15) is 9.59 Å². The number of carboxylic acid groups (broad SMARTS) is 1. The molecular weight excluding hydrogens is 334 g/mol. The number of benzene rings is 1. The summed E-state index contributed by atoms with van der Waals surface area (Å²) in [6.07, 6.45) is 2.57. The van der Waals surface area contributed by atoms with Gasteiger partial charge in [-0.2, -0.15) is 0 Å². The molecule has 1 aliphatic rings. The van der Waals surface area contributed by atoms with Gasteiger partial charge in [0.2, 0.25) is 5.91 Å². The molecule has 114 valence electrons. The van der Waals surface area contributed by atoms with Crippen molar-refractivity contribution < 1.29 is 14.7 Å². The Morgan fingerprint density at radius 3 is 2.43 bits per heavy atom. The lowest BCUT2D eigenvalue weighted by molar-refractivity contribution is -0.145. The number of aliphatic carboxylic acids is 1. The third-order valence-electron chi connectivity index (χ3n) is 4.11. The van der Waals surface area contributed by atoms with Crippen molar-refractivity contribution >= 4 is 27.8 Å². The summed E-state index contributed by atoms with van der Waals surface area (Å²) < 4.78 is 1.00. The number of hydrogen-bond acceptors (Lipinski definition) is 2. The average molecular weight is 354 g/mol. The van der Waals surface area contributed by atoms with E-state index < -0.39 is 5.97 Å². The first kappa shape index (κ1) is 16.0. The summed E-state index contributed by atoms with van der Waals surface area (Å²) in [5.41, 5.74) is 1.08. The lowest BCUT2D eigenvalue weighted by atomic mass is 9.81. The lowest BCUT2D eigenvalue weighted by Gasteiger charge is -2.29. The Labute approximate surface area is 133 Å². The first-order valence-electron chi connectivity index (χ1n) is 7.19. The molecule has 0 aliphatic heterocycles. The Morgan fingerprint density at radius 2 is 1.86 bits per heavy atom. The van der Waals surface area contributed by atoms with Gasteiger partial charge in [-0.15, -0.1) is 0 Å². The first-order chi connectivity index (χ1) is 9.97. The normalized spacial score (nSPS) is 21.8. The van der Waals surface area contributed by atoms with E-state index in [1.54, 1.807) is 4.90 Å². The molecule has 0 spiro atoms. The number of carboxylic acids is 1. The van der Waals surface area contributed by atoms with Crippen LogP contribution < -0.4 is 0 Å². The lowest BCUT2D eigenvalue weighted by Crippen LogP contribution is -2.35. The molecule has 1 amide bonds. The number of hydrogen-bond donors (Lipinski definition) is 1. The number of amides is 1. The summed E-state index contributed by atoms with van der Waals surface area (Å²) in [5.74, 6) is -0.913. The van der Waals surface area contributed by atoms with Gasteiger partial charge in [-0.3, -0.25) is 9.59 Å². The predicted molar refractivity (Wildman–Crippen MR) is 83.7 cm³/mol. The standard InChI is InChI=1S/C16H20BrNO3/c1-18(10-11-3-2-4-14(17)9-11)15(19)12-5-7-13(8-6-12)16(20)21/h2-4,9,12-13H,5-8,10H2,1H3,(H,20,21). The molecule has 21 heavy (non-hydrogen) atoms. The van der Waals surface area contributed by atoms with Gasteiger partial charge in [0.15, 0.2) is 0 Å². The van der Waals surface area contributed by atoms with Crippen molar-refractivity contribution in [2.45, 2.75) is 32.2 Å². The minimum absolute atomic E-state index is 0.0299. The number of carbonyl (C=O) groups is 2. The summed E-state index contributed by atoms with van der Waals surface area (Å²) in [5, 5.41) is 8.99. The van der Waals surface area contributed by atoms with Crippen LogP contribution in [0.15, 0.2) is 28.7 Å². The summed E-state index contributed by atoms with van der Waals surface area (Å²) in [4.78, 5) is 25.1. The van der Waals surface area contributed by atoms with Gasteiger partial charge in [0, 0.05) is 24.0 Å². The Kier molecular flexibility index (Phi) is 5.39. The highest BCUT2D eigenvalue weighted by molar-refractivity contribution is 9.10. The monoisotopic (exact) mass is 353 g/mol. The maximum Gasteiger partial charge on any atom is 0.306 e. The van der Waals surface area contributed by atoms with E-state index in [2.05, 4.69) is 15.9 Å². The van der Waals surface area contributed by atoms with E-state index in [0.29, 0.717) is 32.2 Å². The molecule has 5 heteroatoms. The van der Waals surface area contributed by atoms with E-state index in [0.717, 1.165) is 10.0 Å². The maximum absolute atomic E-state index is 12.4. The third-order valence-corrected chi connectivity index (χ3v) is 4.60. The first-order valence-corrected chi connectivity index (χ1v) is 7.99. The molecule has 1 aromatic rings. The van der Waals surface area contributed by atoms with Crippen LogP contribution >= 0.6 is 15.9 Å². The summed E-state index contributed by atoms with van der Waals surface area (Å²) >= 11 is 3.43. The van der Waals surface area contributed by atoms with Crippen LogP contribution in [0.3, 0.4) is 0 Å². The van der Waals surface area contributed by atoms with Crippen molar-refractivity contribution in [1.82, 2.24) is 4.90 Å². The molecule has 2 rings (SSSR count). The SMILES string of the molecule is CN(Cc1cccc(Br)c1)C(=O)C1CCC(C(=O)O)CC1. The fourth-order valence-electron chi connectivity index (χ4n) is 2.89. The van der Waals surface area contributed by atoms with Crippen molar-refractivity contribution in [2.75, 3.05) is 7.05 Å². The molecule has 0 bridgehead atoms. The summed E-state index contributed by atoms with van der Waals surface area (Å²) in [6.45, 7) is 0.580. The quantitative estimate of drug-likeness (QED) is 0.903. The van der Waals surface area contributed by atoms with Crippen LogP contribution in [0, 0.1) is 11.8 Å². The molecule has 0 heterocycles. The van der Waals surface area contributed by atoms with Crippen molar-refractivity contribution in [1.29, 1.82) is 0 Å². The molecule has 0 aromatic heterocycles. The highest BCUT2D eigenvalue weighted by Crippen LogP contribution is 2.30. The minimum Gasteiger partial charge on any atom is -0.481 e. The maximum atomic E-state index is 12.4. The fraction of sp³-hybridized carbons (Fsp3) is 0.500. The summed E-state index contributed by atoms with van der Waals surface area (Å²) in [6, 6.07) is 7.91. The molecule has 1 saturated carbocycles. The highest BCUT2D eigenvalue weighted by Gasteiger charge is 2.31. The minimum atomic E-state index is -0.733. The van der Waals surface area contributed by atoms with Gasteiger partial charge in [-0.05, 0) is 43.4 Å². The zero-order valence-electron chi connectivity index (χ0n) is 12.1. The Balaban J connectivity index is 1.90. The predicted octanol–water partition coefficient (Wildman–Crippen LogP) is 3.30. The van der Waals surface area contributed by atoms with E-state index in [4.69, 9.17) is 5.11 Å². The van der Waals surface area contributed by atoms with Crippen LogP contribution in [0.5, 0.6) is 0 Å². The van der Waals surface area contributed by atoms with Gasteiger partial charge in [-0.1, -0.05) is 28.1 Å². The molecule has 1 fully saturated rings. The zero-order chi connectivity index (χ0) is 15.4. The molecular formula is C16H20BrNO3. The topological polar surface area (TPSA) is 57.6 Å². The third kappa shape index (κ3) is 4.30. The van der Waals surface area contributed by atoms with Gasteiger partial charge in [0.05, 0.1) is 5.92 Å². The van der Waals surface area contributed by atoms with Crippen LogP contribution in [-0.4, -0.2) is 28.9 Å². The van der Waals surface area contributed by atoms with E-state index in [-0.39, 0.29) is 17.7 Å².